The molecular weight excluding hydrogens is 281 g/mol. The lowest BCUT2D eigenvalue weighted by Crippen LogP contribution is -2.25. The Morgan fingerprint density at radius 1 is 1.38 bits per heavy atom. The number of nitrogens with zero attached hydrogens (tertiary/aromatic N) is 1. The van der Waals surface area contributed by atoms with Crippen molar-refractivity contribution in [3.05, 3.63) is 27.8 Å². The van der Waals surface area contributed by atoms with Crippen molar-refractivity contribution in [3.63, 3.8) is 0 Å². The SMILES string of the molecule is COC(=O)N(C)c1ccc(I)cc1. The zero-order chi connectivity index (χ0) is 9.84. The lowest BCUT2D eigenvalue weighted by Gasteiger charge is -2.15. The Balaban J connectivity index is 2.83. The minimum atomic E-state index is -0.360. The summed E-state index contributed by atoms with van der Waals surface area (Å²) in [5.74, 6) is 0. The summed E-state index contributed by atoms with van der Waals surface area (Å²) in [5.41, 5.74) is 0.826. The van der Waals surface area contributed by atoms with Crippen LogP contribution in [0.15, 0.2) is 24.3 Å². The summed E-state index contributed by atoms with van der Waals surface area (Å²) in [6.07, 6.45) is -0.360. The fraction of sp³-hybridized carbons (Fsp3) is 0.222. The van der Waals surface area contributed by atoms with E-state index in [-0.39, 0.29) is 6.09 Å². The highest BCUT2D eigenvalue weighted by molar-refractivity contribution is 14.1. The van der Waals surface area contributed by atoms with Crippen LogP contribution in [0, 0.1) is 3.57 Å². The smallest absolute Gasteiger partial charge is 0.413 e. The molecule has 0 heterocycles. The molecule has 1 rings (SSSR count). The maximum atomic E-state index is 11.1. The molecule has 0 unspecified atom stereocenters. The molecule has 70 valence electrons. The minimum absolute atomic E-state index is 0.360. The van der Waals surface area contributed by atoms with Crippen LogP contribution in [-0.2, 0) is 4.74 Å². The monoisotopic (exact) mass is 291 g/mol. The van der Waals surface area contributed by atoms with Gasteiger partial charge in [-0.2, -0.15) is 0 Å². The van der Waals surface area contributed by atoms with Gasteiger partial charge in [0.05, 0.1) is 7.11 Å². The van der Waals surface area contributed by atoms with Crippen molar-refractivity contribution in [1.29, 1.82) is 0 Å². The molecule has 0 radical (unpaired) electrons. The first kappa shape index (κ1) is 10.3. The quantitative estimate of drug-likeness (QED) is 0.744. The molecule has 4 heteroatoms. The largest absolute Gasteiger partial charge is 0.452 e. The number of benzene rings is 1. The summed E-state index contributed by atoms with van der Waals surface area (Å²) >= 11 is 2.21. The van der Waals surface area contributed by atoms with Crippen molar-refractivity contribution < 1.29 is 9.53 Å². The van der Waals surface area contributed by atoms with Crippen molar-refractivity contribution in [3.8, 4) is 0 Å². The highest BCUT2D eigenvalue weighted by atomic mass is 127. The first-order valence-corrected chi connectivity index (χ1v) is 4.80. The van der Waals surface area contributed by atoms with E-state index in [9.17, 15) is 4.79 Å². The summed E-state index contributed by atoms with van der Waals surface area (Å²) in [5, 5.41) is 0. The van der Waals surface area contributed by atoms with Crippen LogP contribution in [0.3, 0.4) is 0 Å². The number of rotatable bonds is 1. The average molecular weight is 291 g/mol. The van der Waals surface area contributed by atoms with Gasteiger partial charge >= 0.3 is 6.09 Å². The van der Waals surface area contributed by atoms with Crippen molar-refractivity contribution >= 4 is 34.4 Å². The van der Waals surface area contributed by atoms with E-state index in [0.29, 0.717) is 0 Å². The minimum Gasteiger partial charge on any atom is -0.452 e. The number of carbonyl (C=O) groups excluding carboxylic acids is 1. The van der Waals surface area contributed by atoms with E-state index in [0.717, 1.165) is 9.26 Å². The summed E-state index contributed by atoms with van der Waals surface area (Å²) in [6.45, 7) is 0. The Labute approximate surface area is 90.8 Å². The van der Waals surface area contributed by atoms with Crippen molar-refractivity contribution in [1.82, 2.24) is 0 Å². The van der Waals surface area contributed by atoms with Gasteiger partial charge in [0, 0.05) is 16.3 Å². The van der Waals surface area contributed by atoms with Crippen molar-refractivity contribution in [2.45, 2.75) is 0 Å². The lowest BCUT2D eigenvalue weighted by molar-refractivity contribution is 0.180. The van der Waals surface area contributed by atoms with Gasteiger partial charge in [-0.3, -0.25) is 4.90 Å². The van der Waals surface area contributed by atoms with Gasteiger partial charge in [-0.15, -0.1) is 0 Å². The number of carbonyl (C=O) groups is 1. The molecule has 0 bridgehead atoms. The zero-order valence-electron chi connectivity index (χ0n) is 7.45. The Morgan fingerprint density at radius 2 is 1.92 bits per heavy atom. The van der Waals surface area contributed by atoms with Crippen LogP contribution in [-0.4, -0.2) is 20.3 Å². The second-order valence-corrected chi connectivity index (χ2v) is 3.75. The van der Waals surface area contributed by atoms with E-state index in [4.69, 9.17) is 0 Å². The van der Waals surface area contributed by atoms with Gasteiger partial charge in [0.2, 0.25) is 0 Å². The number of halogens is 1. The second-order valence-electron chi connectivity index (χ2n) is 2.51. The maximum absolute atomic E-state index is 11.1. The van der Waals surface area contributed by atoms with Gasteiger partial charge in [0.25, 0.3) is 0 Å². The molecule has 0 spiro atoms. The first-order chi connectivity index (χ1) is 6.15. The van der Waals surface area contributed by atoms with Gasteiger partial charge in [0.1, 0.15) is 0 Å². The highest BCUT2D eigenvalue weighted by Gasteiger charge is 2.09. The molecule has 13 heavy (non-hydrogen) atoms. The summed E-state index contributed by atoms with van der Waals surface area (Å²) in [6, 6.07) is 7.63. The van der Waals surface area contributed by atoms with Crippen LogP contribution in [0.2, 0.25) is 0 Å². The summed E-state index contributed by atoms with van der Waals surface area (Å²) < 4.78 is 5.72. The summed E-state index contributed by atoms with van der Waals surface area (Å²) in [7, 11) is 3.04. The van der Waals surface area contributed by atoms with Gasteiger partial charge in [-0.05, 0) is 46.9 Å². The van der Waals surface area contributed by atoms with E-state index in [2.05, 4.69) is 27.3 Å². The number of ether oxygens (including phenoxy) is 1. The first-order valence-electron chi connectivity index (χ1n) is 3.72. The second kappa shape index (κ2) is 4.45. The molecule has 1 aromatic rings. The third-order valence-corrected chi connectivity index (χ3v) is 2.38. The van der Waals surface area contributed by atoms with Gasteiger partial charge in [-0.25, -0.2) is 4.79 Å². The van der Waals surface area contributed by atoms with Crippen molar-refractivity contribution in [2.24, 2.45) is 0 Å². The number of anilines is 1. The molecule has 0 N–H and O–H groups in total. The molecule has 0 saturated carbocycles. The molecule has 1 amide bonds. The molecule has 0 aliphatic carbocycles. The predicted octanol–water partition coefficient (Wildman–Crippen LogP) is 2.49. The van der Waals surface area contributed by atoms with Gasteiger partial charge in [-0.1, -0.05) is 0 Å². The van der Waals surface area contributed by atoms with E-state index < -0.39 is 0 Å². The van der Waals surface area contributed by atoms with Crippen LogP contribution < -0.4 is 4.90 Å². The van der Waals surface area contributed by atoms with Gasteiger partial charge in [0.15, 0.2) is 0 Å². The fourth-order valence-corrected chi connectivity index (χ4v) is 1.27. The predicted molar refractivity (Wildman–Crippen MR) is 60.0 cm³/mol. The van der Waals surface area contributed by atoms with E-state index in [1.165, 1.54) is 12.0 Å². The van der Waals surface area contributed by atoms with Gasteiger partial charge < -0.3 is 4.74 Å². The Kier molecular flexibility index (Phi) is 3.53. The van der Waals surface area contributed by atoms with E-state index in [1.54, 1.807) is 7.05 Å². The van der Waals surface area contributed by atoms with Crippen LogP contribution >= 0.6 is 22.6 Å². The number of methoxy groups -OCH3 is 1. The molecule has 0 saturated heterocycles. The standard InChI is InChI=1S/C9H10INO2/c1-11(9(12)13-2)8-5-3-7(10)4-6-8/h3-6H,1-2H3. The van der Waals surface area contributed by atoms with Crippen LogP contribution in [0.4, 0.5) is 10.5 Å². The normalized spacial score (nSPS) is 9.46. The molecule has 0 aliphatic rings. The van der Waals surface area contributed by atoms with Crippen molar-refractivity contribution in [2.75, 3.05) is 19.1 Å². The zero-order valence-corrected chi connectivity index (χ0v) is 9.61. The summed E-state index contributed by atoms with van der Waals surface area (Å²) in [4.78, 5) is 12.6. The van der Waals surface area contributed by atoms with E-state index >= 15 is 0 Å². The van der Waals surface area contributed by atoms with Crippen LogP contribution in [0.25, 0.3) is 0 Å². The van der Waals surface area contributed by atoms with Crippen LogP contribution in [0.1, 0.15) is 0 Å². The number of hydrogen-bond acceptors (Lipinski definition) is 2. The Morgan fingerprint density at radius 3 is 2.38 bits per heavy atom. The molecule has 0 atom stereocenters. The third kappa shape index (κ3) is 2.58. The molecule has 0 fully saturated rings. The molecule has 3 nitrogen and oxygen atoms in total. The Bertz CT molecular complexity index is 297. The maximum Gasteiger partial charge on any atom is 0.413 e. The molecule has 1 aromatic carbocycles. The Hall–Kier alpha value is -0.780. The average Bonchev–Trinajstić information content (AvgIpc) is 2.17. The van der Waals surface area contributed by atoms with Crippen LogP contribution in [0.5, 0.6) is 0 Å². The number of hydrogen-bond donors (Lipinski definition) is 0. The molecular formula is C9H10INO2. The molecule has 0 aromatic heterocycles. The fourth-order valence-electron chi connectivity index (χ4n) is 0.907. The topological polar surface area (TPSA) is 29.5 Å². The van der Waals surface area contributed by atoms with E-state index in [1.807, 2.05) is 24.3 Å². The number of amides is 1. The lowest BCUT2D eigenvalue weighted by atomic mass is 10.3. The highest BCUT2D eigenvalue weighted by Crippen LogP contribution is 2.15. The third-order valence-electron chi connectivity index (χ3n) is 1.66. The molecule has 0 aliphatic heterocycles.